The molecule has 0 aromatic heterocycles. The lowest BCUT2D eigenvalue weighted by atomic mass is 9.35. The van der Waals surface area contributed by atoms with Gasteiger partial charge in [0.25, 0.3) is 0 Å². The zero-order chi connectivity index (χ0) is 25.9. The maximum absolute atomic E-state index is 2.47. The van der Waals surface area contributed by atoms with Gasteiger partial charge in [-0.25, -0.2) is 0 Å². The fourth-order valence-corrected chi connectivity index (χ4v) is 5.58. The third-order valence-electron chi connectivity index (χ3n) is 7.55. The summed E-state index contributed by atoms with van der Waals surface area (Å²) in [7, 11) is 4.29. The molecule has 38 heavy (non-hydrogen) atoms. The van der Waals surface area contributed by atoms with Crippen LogP contribution >= 0.6 is 0 Å². The van der Waals surface area contributed by atoms with Gasteiger partial charge in [0.2, 0.25) is 6.71 Å². The average Bonchev–Trinajstić information content (AvgIpc) is 2.96. The third kappa shape index (κ3) is 5.01. The van der Waals surface area contributed by atoms with Crippen molar-refractivity contribution in [3.05, 3.63) is 139 Å². The topological polar surface area (TPSA) is 3.24 Å². The van der Waals surface area contributed by atoms with Crippen molar-refractivity contribution in [2.75, 3.05) is 20.6 Å². The molecular weight excluding hydrogens is 457 g/mol. The first-order valence-electron chi connectivity index (χ1n) is 13.5. The lowest BCUT2D eigenvalue weighted by molar-refractivity contribution is 0.417. The maximum Gasteiger partial charge on any atom is 0.241 e. The van der Waals surface area contributed by atoms with Crippen LogP contribution in [0.2, 0.25) is 0 Å². The molecule has 1 nitrogen and oxygen atoms in total. The van der Waals surface area contributed by atoms with Gasteiger partial charge in [-0.15, -0.1) is 0 Å². The van der Waals surface area contributed by atoms with Crippen LogP contribution in [0.15, 0.2) is 133 Å². The van der Waals surface area contributed by atoms with Crippen LogP contribution in [0, 0.1) is 0 Å². The molecule has 6 rings (SSSR count). The van der Waals surface area contributed by atoms with Crippen LogP contribution in [0.1, 0.15) is 12.0 Å². The summed E-state index contributed by atoms with van der Waals surface area (Å²) in [6, 6.07) is 46.9. The molecule has 0 unspecified atom stereocenters. The summed E-state index contributed by atoms with van der Waals surface area (Å²) >= 11 is 0. The molecule has 6 aromatic rings. The van der Waals surface area contributed by atoms with Gasteiger partial charge >= 0.3 is 0 Å². The molecule has 0 saturated carbocycles. The van der Waals surface area contributed by atoms with Crippen molar-refractivity contribution in [1.29, 1.82) is 0 Å². The van der Waals surface area contributed by atoms with E-state index in [9.17, 15) is 0 Å². The molecule has 184 valence electrons. The van der Waals surface area contributed by atoms with E-state index < -0.39 is 0 Å². The Hall–Kier alpha value is -4.14. The number of hydrogen-bond donors (Lipinski definition) is 0. The quantitative estimate of drug-likeness (QED) is 0.212. The lowest BCUT2D eigenvalue weighted by Gasteiger charge is -2.22. The fraction of sp³-hybridized carbons (Fsp3) is 0.111. The summed E-state index contributed by atoms with van der Waals surface area (Å²) in [6.07, 6.45) is 3.46. The summed E-state index contributed by atoms with van der Waals surface area (Å²) < 4.78 is 0. The highest BCUT2D eigenvalue weighted by Gasteiger charge is 2.26. The first-order valence-corrected chi connectivity index (χ1v) is 13.5. The van der Waals surface area contributed by atoms with Gasteiger partial charge in [-0.1, -0.05) is 144 Å². The Bertz CT molecular complexity index is 1690. The molecule has 0 aliphatic rings. The normalized spacial score (nSPS) is 12.0. The van der Waals surface area contributed by atoms with Crippen molar-refractivity contribution in [2.45, 2.75) is 6.42 Å². The van der Waals surface area contributed by atoms with Gasteiger partial charge in [0.1, 0.15) is 0 Å². The van der Waals surface area contributed by atoms with E-state index in [4.69, 9.17) is 0 Å². The number of fused-ring (bicyclic) bond motifs is 3. The first kappa shape index (κ1) is 24.2. The lowest BCUT2D eigenvalue weighted by Crippen LogP contribution is -2.43. The van der Waals surface area contributed by atoms with Crippen LogP contribution in [0.4, 0.5) is 0 Å². The summed E-state index contributed by atoms with van der Waals surface area (Å²) in [4.78, 5) is 2.26. The molecule has 0 N–H and O–H groups in total. The number of hydrogen-bond acceptors (Lipinski definition) is 1. The standard InChI is InChI=1S/C36H32BN/c1-38(2)23-9-16-36(33-18-17-27-10-3-6-13-30(27)24-33)37(34-21-19-28-11-4-7-14-31(28)25-34)35-22-20-29-12-5-8-15-32(29)26-35/h3-8,10-22,24-26H,9,23H2,1-2H3/b36-16-. The Kier molecular flexibility index (Phi) is 6.81. The molecule has 0 aliphatic heterocycles. The molecule has 0 amide bonds. The summed E-state index contributed by atoms with van der Waals surface area (Å²) in [5.74, 6) is 0. The predicted octanol–water partition coefficient (Wildman–Crippen LogP) is 7.33. The molecule has 0 saturated heterocycles. The minimum atomic E-state index is 0.118. The fourth-order valence-electron chi connectivity index (χ4n) is 5.58. The molecule has 0 aliphatic carbocycles. The van der Waals surface area contributed by atoms with Crippen molar-refractivity contribution in [1.82, 2.24) is 4.90 Å². The molecule has 2 heteroatoms. The Morgan fingerprint density at radius 2 is 1.00 bits per heavy atom. The molecule has 0 radical (unpaired) electrons. The van der Waals surface area contributed by atoms with E-state index in [1.165, 1.54) is 54.3 Å². The molecular formula is C36H32BN. The summed E-state index contributed by atoms with van der Waals surface area (Å²) in [5.41, 5.74) is 5.29. The monoisotopic (exact) mass is 489 g/mol. The molecule has 0 heterocycles. The highest BCUT2D eigenvalue weighted by atomic mass is 15.0. The first-order chi connectivity index (χ1) is 18.7. The van der Waals surface area contributed by atoms with Crippen LogP contribution in [-0.4, -0.2) is 32.3 Å². The van der Waals surface area contributed by atoms with Crippen LogP contribution in [-0.2, 0) is 0 Å². The van der Waals surface area contributed by atoms with Gasteiger partial charge in [0.15, 0.2) is 0 Å². The zero-order valence-corrected chi connectivity index (χ0v) is 22.1. The molecule has 0 spiro atoms. The van der Waals surface area contributed by atoms with Crippen molar-refractivity contribution in [3.63, 3.8) is 0 Å². The van der Waals surface area contributed by atoms with E-state index in [1.54, 1.807) is 0 Å². The van der Waals surface area contributed by atoms with Crippen LogP contribution in [0.5, 0.6) is 0 Å². The van der Waals surface area contributed by atoms with E-state index in [2.05, 4.69) is 152 Å². The average molecular weight is 489 g/mol. The van der Waals surface area contributed by atoms with Gasteiger partial charge < -0.3 is 4.90 Å². The molecule has 0 bridgehead atoms. The largest absolute Gasteiger partial charge is 0.309 e. The van der Waals surface area contributed by atoms with Crippen molar-refractivity contribution in [2.24, 2.45) is 0 Å². The smallest absolute Gasteiger partial charge is 0.241 e. The van der Waals surface area contributed by atoms with Crippen molar-refractivity contribution < 1.29 is 0 Å². The Morgan fingerprint density at radius 3 is 1.50 bits per heavy atom. The number of benzene rings is 6. The minimum Gasteiger partial charge on any atom is -0.309 e. The Morgan fingerprint density at radius 1 is 0.553 bits per heavy atom. The van der Waals surface area contributed by atoms with Crippen molar-refractivity contribution >= 4 is 55.4 Å². The van der Waals surface area contributed by atoms with Gasteiger partial charge in [-0.2, -0.15) is 0 Å². The second-order valence-corrected chi connectivity index (χ2v) is 10.5. The number of rotatable bonds is 7. The SMILES string of the molecule is CN(C)CC/C=C(\B(c1ccc2ccccc2c1)c1ccc2ccccc2c1)c1ccc2ccccc2c1. The van der Waals surface area contributed by atoms with Crippen LogP contribution in [0.3, 0.4) is 0 Å². The molecule has 6 aromatic carbocycles. The minimum absolute atomic E-state index is 0.118. The van der Waals surface area contributed by atoms with E-state index in [0.29, 0.717) is 0 Å². The van der Waals surface area contributed by atoms with E-state index in [-0.39, 0.29) is 6.71 Å². The van der Waals surface area contributed by atoms with E-state index >= 15 is 0 Å². The summed E-state index contributed by atoms with van der Waals surface area (Å²) in [6.45, 7) is 1.13. The van der Waals surface area contributed by atoms with Crippen LogP contribution in [0.25, 0.3) is 37.8 Å². The predicted molar refractivity (Wildman–Crippen MR) is 168 cm³/mol. The Balaban J connectivity index is 1.58. The Labute approximate surface area is 226 Å². The van der Waals surface area contributed by atoms with Gasteiger partial charge in [-0.3, -0.25) is 0 Å². The number of nitrogens with zero attached hydrogens (tertiary/aromatic N) is 1. The maximum atomic E-state index is 2.47. The summed E-state index contributed by atoms with van der Waals surface area (Å²) in [5, 5.41) is 7.66. The second-order valence-electron chi connectivity index (χ2n) is 10.5. The van der Waals surface area contributed by atoms with Crippen molar-refractivity contribution in [3.8, 4) is 0 Å². The molecule has 0 atom stereocenters. The third-order valence-corrected chi connectivity index (χ3v) is 7.55. The highest BCUT2D eigenvalue weighted by molar-refractivity contribution is 6.99. The highest BCUT2D eigenvalue weighted by Crippen LogP contribution is 2.26. The van der Waals surface area contributed by atoms with E-state index in [0.717, 1.165) is 13.0 Å². The van der Waals surface area contributed by atoms with Crippen LogP contribution < -0.4 is 10.9 Å². The van der Waals surface area contributed by atoms with E-state index in [1.807, 2.05) is 0 Å². The molecule has 0 fully saturated rings. The zero-order valence-electron chi connectivity index (χ0n) is 22.1. The van der Waals surface area contributed by atoms with Gasteiger partial charge in [-0.05, 0) is 64.5 Å². The second kappa shape index (κ2) is 10.7. The van der Waals surface area contributed by atoms with Gasteiger partial charge in [0, 0.05) is 6.54 Å². The van der Waals surface area contributed by atoms with Gasteiger partial charge in [0.05, 0.1) is 0 Å².